The highest BCUT2D eigenvalue weighted by Crippen LogP contribution is 2.26. The molecule has 0 aliphatic carbocycles. The second kappa shape index (κ2) is 5.45. The summed E-state index contributed by atoms with van der Waals surface area (Å²) in [6.45, 7) is 7.16. The monoisotopic (exact) mass is 309 g/mol. The predicted octanol–water partition coefficient (Wildman–Crippen LogP) is 1.57. The van der Waals surface area contributed by atoms with Crippen LogP contribution < -0.4 is 4.90 Å². The van der Waals surface area contributed by atoms with Crippen molar-refractivity contribution < 1.29 is 4.79 Å². The molecule has 3 heterocycles. The number of rotatable bonds is 2. The summed E-state index contributed by atoms with van der Waals surface area (Å²) in [4.78, 5) is 22.1. The van der Waals surface area contributed by atoms with Crippen molar-refractivity contribution >= 4 is 33.9 Å². The van der Waals surface area contributed by atoms with Gasteiger partial charge in [-0.3, -0.25) is 4.79 Å². The third kappa shape index (κ3) is 2.53. The van der Waals surface area contributed by atoms with Crippen LogP contribution in [0.5, 0.6) is 0 Å². The minimum absolute atomic E-state index is 0.0232. The molecule has 0 atom stereocenters. The van der Waals surface area contributed by atoms with E-state index in [-0.39, 0.29) is 5.91 Å². The molecule has 1 aliphatic heterocycles. The third-order valence-corrected chi connectivity index (χ3v) is 5.07. The average Bonchev–Trinajstić information content (AvgIpc) is 3.09. The van der Waals surface area contributed by atoms with Crippen molar-refractivity contribution in [3.63, 3.8) is 0 Å². The van der Waals surface area contributed by atoms with E-state index in [9.17, 15) is 4.79 Å². The van der Waals surface area contributed by atoms with Gasteiger partial charge in [0.15, 0.2) is 10.8 Å². The van der Waals surface area contributed by atoms with Crippen LogP contribution in [0.2, 0.25) is 0 Å². The summed E-state index contributed by atoms with van der Waals surface area (Å²) >= 11 is 2.93. The molecule has 6 nitrogen and oxygen atoms in total. The second-order valence-corrected chi connectivity index (χ2v) is 6.50. The van der Waals surface area contributed by atoms with Crippen LogP contribution in [0.3, 0.4) is 0 Å². The molecular formula is C12H15N5OS2. The number of hydrogen-bond acceptors (Lipinski definition) is 7. The highest BCUT2D eigenvalue weighted by molar-refractivity contribution is 7.15. The van der Waals surface area contributed by atoms with E-state index in [1.165, 1.54) is 16.4 Å². The summed E-state index contributed by atoms with van der Waals surface area (Å²) in [5, 5.41) is 6.59. The van der Waals surface area contributed by atoms with Gasteiger partial charge < -0.3 is 9.80 Å². The Balaban J connectivity index is 1.63. The van der Waals surface area contributed by atoms with Gasteiger partial charge in [-0.05, 0) is 25.4 Å². The molecule has 2 aromatic rings. The Morgan fingerprint density at radius 3 is 2.55 bits per heavy atom. The Labute approximate surface area is 125 Å². The second-order valence-electron chi connectivity index (χ2n) is 4.71. The number of thiazole rings is 1. The van der Waals surface area contributed by atoms with Crippen LogP contribution in [0.4, 0.5) is 5.13 Å². The first-order valence-corrected chi connectivity index (χ1v) is 8.06. The first kappa shape index (κ1) is 13.4. The molecule has 8 heteroatoms. The highest BCUT2D eigenvalue weighted by atomic mass is 32.1. The van der Waals surface area contributed by atoms with Crippen molar-refractivity contribution in [3.8, 4) is 0 Å². The smallest absolute Gasteiger partial charge is 0.275 e. The van der Waals surface area contributed by atoms with Crippen molar-refractivity contribution in [1.29, 1.82) is 0 Å². The van der Waals surface area contributed by atoms with Crippen LogP contribution in [0.15, 0.2) is 5.38 Å². The van der Waals surface area contributed by atoms with Crippen LogP contribution in [-0.4, -0.2) is 51.6 Å². The molecule has 106 valence electrons. The predicted molar refractivity (Wildman–Crippen MR) is 79.6 cm³/mol. The van der Waals surface area contributed by atoms with E-state index >= 15 is 0 Å². The van der Waals surface area contributed by atoms with Crippen LogP contribution in [0, 0.1) is 13.8 Å². The zero-order valence-corrected chi connectivity index (χ0v) is 13.0. The molecule has 0 radical (unpaired) electrons. The molecule has 20 heavy (non-hydrogen) atoms. The third-order valence-electron chi connectivity index (χ3n) is 3.43. The lowest BCUT2D eigenvalue weighted by Crippen LogP contribution is -2.48. The molecule has 0 unspecified atom stereocenters. The molecule has 0 aromatic carbocycles. The largest absolute Gasteiger partial charge is 0.345 e. The van der Waals surface area contributed by atoms with Gasteiger partial charge >= 0.3 is 0 Å². The zero-order valence-electron chi connectivity index (χ0n) is 11.4. The number of piperazine rings is 1. The van der Waals surface area contributed by atoms with Gasteiger partial charge in [0.2, 0.25) is 0 Å². The van der Waals surface area contributed by atoms with E-state index in [0.29, 0.717) is 18.8 Å². The Hall–Kier alpha value is -1.54. The van der Waals surface area contributed by atoms with Crippen LogP contribution in [0.1, 0.15) is 21.1 Å². The maximum atomic E-state index is 12.2. The molecule has 1 aliphatic rings. The van der Waals surface area contributed by atoms with E-state index in [0.717, 1.165) is 23.9 Å². The van der Waals surface area contributed by atoms with E-state index in [1.54, 1.807) is 16.7 Å². The minimum atomic E-state index is -0.0232. The lowest BCUT2D eigenvalue weighted by atomic mass is 10.3. The number of carbonyl (C=O) groups is 1. The first-order valence-electron chi connectivity index (χ1n) is 6.40. The van der Waals surface area contributed by atoms with Gasteiger partial charge in [-0.15, -0.1) is 16.4 Å². The highest BCUT2D eigenvalue weighted by Gasteiger charge is 2.25. The number of aryl methyl sites for hydroxylation is 2. The van der Waals surface area contributed by atoms with E-state index < -0.39 is 0 Å². The van der Waals surface area contributed by atoms with E-state index in [4.69, 9.17) is 0 Å². The van der Waals surface area contributed by atoms with Crippen molar-refractivity contribution in [2.24, 2.45) is 0 Å². The number of aromatic nitrogens is 3. The summed E-state index contributed by atoms with van der Waals surface area (Å²) in [5.41, 5.74) is 1.54. The molecule has 0 bridgehead atoms. The summed E-state index contributed by atoms with van der Waals surface area (Å²) in [5.74, 6) is -0.0232. The van der Waals surface area contributed by atoms with Crippen LogP contribution in [0.25, 0.3) is 0 Å². The van der Waals surface area contributed by atoms with Gasteiger partial charge in [-0.25, -0.2) is 4.98 Å². The van der Waals surface area contributed by atoms with E-state index in [2.05, 4.69) is 26.4 Å². The standard InChI is InChI=1S/C12H15N5OS2/c1-8-9(2)20-12(13-8)17-5-3-16(4-6-17)11(18)10-7-19-15-14-10/h7H,3-6H2,1-2H3. The molecular weight excluding hydrogens is 294 g/mol. The average molecular weight is 309 g/mol. The topological polar surface area (TPSA) is 62.2 Å². The molecule has 1 fully saturated rings. The van der Waals surface area contributed by atoms with Gasteiger partial charge in [0.05, 0.1) is 5.69 Å². The first-order chi connectivity index (χ1) is 9.65. The lowest BCUT2D eigenvalue weighted by molar-refractivity contribution is 0.0741. The number of hydrogen-bond donors (Lipinski definition) is 0. The Bertz CT molecular complexity index is 582. The zero-order chi connectivity index (χ0) is 14.1. The summed E-state index contributed by atoms with van der Waals surface area (Å²) < 4.78 is 3.74. The van der Waals surface area contributed by atoms with Gasteiger partial charge in [0.25, 0.3) is 5.91 Å². The number of nitrogens with zero attached hydrogens (tertiary/aromatic N) is 5. The molecule has 1 saturated heterocycles. The maximum Gasteiger partial charge on any atom is 0.275 e. The maximum absolute atomic E-state index is 12.2. The molecule has 0 spiro atoms. The number of amides is 1. The fourth-order valence-electron chi connectivity index (χ4n) is 2.11. The minimum Gasteiger partial charge on any atom is -0.345 e. The van der Waals surface area contributed by atoms with Crippen molar-refractivity contribution in [2.45, 2.75) is 13.8 Å². The van der Waals surface area contributed by atoms with Crippen molar-refractivity contribution in [2.75, 3.05) is 31.1 Å². The number of anilines is 1. The van der Waals surface area contributed by atoms with Gasteiger partial charge in [0, 0.05) is 36.4 Å². The van der Waals surface area contributed by atoms with Gasteiger partial charge in [-0.2, -0.15) is 0 Å². The number of carbonyl (C=O) groups excluding carboxylic acids is 1. The van der Waals surface area contributed by atoms with Crippen LogP contribution in [-0.2, 0) is 0 Å². The van der Waals surface area contributed by atoms with Crippen molar-refractivity contribution in [1.82, 2.24) is 19.5 Å². The fourth-order valence-corrected chi connectivity index (χ4v) is 3.50. The normalized spacial score (nSPS) is 15.7. The Kier molecular flexibility index (Phi) is 3.66. The summed E-state index contributed by atoms with van der Waals surface area (Å²) in [6.07, 6.45) is 0. The molecule has 3 rings (SSSR count). The SMILES string of the molecule is Cc1nc(N2CCN(C(=O)c3csnn3)CC2)sc1C. The Morgan fingerprint density at radius 2 is 2.00 bits per heavy atom. The molecule has 2 aromatic heterocycles. The summed E-state index contributed by atoms with van der Waals surface area (Å²) in [6, 6.07) is 0. The van der Waals surface area contributed by atoms with Crippen molar-refractivity contribution in [3.05, 3.63) is 21.6 Å². The quantitative estimate of drug-likeness (QED) is 0.843. The van der Waals surface area contributed by atoms with Crippen LogP contribution >= 0.6 is 22.9 Å². The lowest BCUT2D eigenvalue weighted by Gasteiger charge is -2.34. The molecule has 0 N–H and O–H groups in total. The fraction of sp³-hybridized carbons (Fsp3) is 0.500. The Morgan fingerprint density at radius 1 is 1.25 bits per heavy atom. The van der Waals surface area contributed by atoms with Gasteiger partial charge in [0.1, 0.15) is 0 Å². The molecule has 1 amide bonds. The van der Waals surface area contributed by atoms with E-state index in [1.807, 2.05) is 11.8 Å². The van der Waals surface area contributed by atoms with Gasteiger partial charge in [-0.1, -0.05) is 4.49 Å². The summed E-state index contributed by atoms with van der Waals surface area (Å²) in [7, 11) is 0. The molecule has 0 saturated carbocycles.